The van der Waals surface area contributed by atoms with E-state index in [4.69, 9.17) is 5.73 Å². The van der Waals surface area contributed by atoms with Crippen LogP contribution in [0.2, 0.25) is 0 Å². The molecule has 6 aliphatic heterocycles. The molecular weight excluding hydrogens is 993 g/mol. The van der Waals surface area contributed by atoms with E-state index in [1.807, 2.05) is 89.6 Å². The Bertz CT molecular complexity index is 3020. The zero-order valence-electron chi connectivity index (χ0n) is 43.1. The van der Waals surface area contributed by atoms with Crippen LogP contribution in [0.4, 0.5) is 5.69 Å². The normalized spacial score (nSPS) is 30.2. The molecule has 0 aliphatic carbocycles. The third kappa shape index (κ3) is 9.12. The molecule has 4 unspecified atom stereocenters. The summed E-state index contributed by atoms with van der Waals surface area (Å²) in [5.41, 5.74) is 8.87. The SMILES string of the molecule is CC(C)C1NC(=O)[C@@H]2CCCN2C(=O)C(CCS(C)=O)NC(=O)[C@@H](N)Cc2cn(c3ccccc23)[C@]23C[C@H](NC(=O)C([C@@H](C)O)NC(=O)[C@@H]4CCCN4C1=O)C(=O)N1[C@@H](Cc4ccccc4)C(=O)N(c4ccccc42)[C@@H]13. The maximum atomic E-state index is 15.4. The van der Waals surface area contributed by atoms with Gasteiger partial charge in [-0.2, -0.15) is 0 Å². The third-order valence-corrected chi connectivity index (χ3v) is 17.2. The molecule has 7 heterocycles. The molecule has 10 rings (SSSR count). The standard InChI is InChI=1S/C55H66N10O10S/c1-30(2)44-53(74)62-24-13-21-42(62)48(69)60-45(31(3)66)49(70)58-38-28-55(35-17-9-11-19-40(35)64-52(73)43(65(51(38)72)54(55)64)26-32-14-6-5-7-15-32)63-29-33(34-16-8-10-18-39(34)63)27-36(56)46(67)57-37(22-25-76(4)75)50(71)61-23-12-20-41(61)47(68)59-44/h5-11,14-19,29-31,36-38,41-45,54,66H,12-13,20-28,56H2,1-4H3,(H,57,67)(H,58,70)(H,59,68)(H,60,69)/t31-,36+,37?,38+,41+,42+,43+,44?,45?,54+,55-,76?/m1/s1. The fraction of sp³-hybridized carbons (Fsp3) is 0.491. The molecule has 4 saturated heterocycles. The number of amides is 8. The number of aromatic nitrogens is 1. The molecule has 76 heavy (non-hydrogen) atoms. The first-order chi connectivity index (χ1) is 36.4. The highest BCUT2D eigenvalue weighted by molar-refractivity contribution is 7.84. The fourth-order valence-electron chi connectivity index (χ4n) is 12.7. The van der Waals surface area contributed by atoms with Gasteiger partial charge in [0.2, 0.25) is 41.4 Å². The number of nitrogens with one attached hydrogen (secondary N) is 4. The van der Waals surface area contributed by atoms with Crippen LogP contribution in [-0.2, 0) is 67.5 Å². The van der Waals surface area contributed by atoms with Crippen LogP contribution in [0.15, 0.2) is 85.1 Å². The summed E-state index contributed by atoms with van der Waals surface area (Å²) >= 11 is 0. The van der Waals surface area contributed by atoms with Crippen molar-refractivity contribution in [2.45, 2.75) is 138 Å². The third-order valence-electron chi connectivity index (χ3n) is 16.4. The van der Waals surface area contributed by atoms with Gasteiger partial charge < -0.3 is 51.4 Å². The molecule has 1 aromatic heterocycles. The van der Waals surface area contributed by atoms with E-state index in [-0.39, 0.29) is 63.3 Å². The van der Waals surface area contributed by atoms with Crippen molar-refractivity contribution >= 4 is 74.6 Å². The number of benzene rings is 3. The second-order valence-corrected chi connectivity index (χ2v) is 23.1. The Labute approximate surface area is 442 Å². The van der Waals surface area contributed by atoms with E-state index in [2.05, 4.69) is 21.3 Å². The van der Waals surface area contributed by atoms with Crippen LogP contribution in [-0.4, -0.2) is 162 Å². The Balaban J connectivity index is 1.11. The van der Waals surface area contributed by atoms with Crippen LogP contribution in [0.3, 0.4) is 0 Å². The number of rotatable bonds is 7. The van der Waals surface area contributed by atoms with Gasteiger partial charge in [-0.25, -0.2) is 0 Å². The minimum atomic E-state index is -1.60. The molecule has 8 amide bonds. The molecule has 0 radical (unpaired) electrons. The molecule has 7 N–H and O–H groups in total. The summed E-state index contributed by atoms with van der Waals surface area (Å²) in [5, 5.41) is 23.4. The smallest absolute Gasteiger partial charge is 0.252 e. The zero-order valence-corrected chi connectivity index (χ0v) is 43.9. The Morgan fingerprint density at radius 3 is 2.03 bits per heavy atom. The molecule has 0 saturated carbocycles. The average Bonchev–Trinajstić information content (AvgIpc) is 4.38. The molecule has 6 aliphatic rings. The number of nitrogens with two attached hydrogens (primary N) is 1. The van der Waals surface area contributed by atoms with Gasteiger partial charge in [0.25, 0.3) is 5.91 Å². The maximum Gasteiger partial charge on any atom is 0.252 e. The number of fused-ring (bicyclic) bond motifs is 10. The molecule has 21 heteroatoms. The summed E-state index contributed by atoms with van der Waals surface area (Å²) < 4.78 is 14.5. The highest BCUT2D eigenvalue weighted by atomic mass is 32.2. The van der Waals surface area contributed by atoms with E-state index in [9.17, 15) is 38.1 Å². The lowest BCUT2D eigenvalue weighted by molar-refractivity contribution is -0.148. The zero-order chi connectivity index (χ0) is 53.9. The summed E-state index contributed by atoms with van der Waals surface area (Å²) in [4.78, 5) is 124. The molecule has 4 fully saturated rings. The number of aliphatic hydroxyl groups excluding tert-OH is 1. The van der Waals surface area contributed by atoms with Gasteiger partial charge in [-0.3, -0.25) is 47.5 Å². The van der Waals surface area contributed by atoms with Crippen LogP contribution in [0.1, 0.15) is 76.0 Å². The summed E-state index contributed by atoms with van der Waals surface area (Å²) in [6.07, 6.45) is 2.29. The first-order valence-electron chi connectivity index (χ1n) is 26.4. The summed E-state index contributed by atoms with van der Waals surface area (Å²) in [6, 6.07) is 14.6. The summed E-state index contributed by atoms with van der Waals surface area (Å²) in [6.45, 7) is 5.17. The quantitative estimate of drug-likeness (QED) is 0.149. The van der Waals surface area contributed by atoms with Crippen LogP contribution in [0, 0.1) is 5.92 Å². The molecule has 4 aromatic rings. The van der Waals surface area contributed by atoms with Gasteiger partial charge >= 0.3 is 0 Å². The number of piperidine rings is 1. The van der Waals surface area contributed by atoms with Crippen molar-refractivity contribution in [1.29, 1.82) is 0 Å². The highest BCUT2D eigenvalue weighted by Crippen LogP contribution is 2.57. The van der Waals surface area contributed by atoms with Gasteiger partial charge in [0.15, 0.2) is 0 Å². The van der Waals surface area contributed by atoms with E-state index in [0.717, 1.165) is 5.56 Å². The lowest BCUT2D eigenvalue weighted by Gasteiger charge is -2.49. The number of aliphatic hydroxyl groups is 1. The average molecular weight is 1060 g/mol. The van der Waals surface area contributed by atoms with Crippen molar-refractivity contribution in [3.05, 3.63) is 102 Å². The highest BCUT2D eigenvalue weighted by Gasteiger charge is 2.68. The number of hydrogen-bond acceptors (Lipinski definition) is 11. The number of para-hydroxylation sites is 2. The van der Waals surface area contributed by atoms with Crippen molar-refractivity contribution in [1.82, 2.24) is 40.5 Å². The Kier molecular flexibility index (Phi) is 14.4. The van der Waals surface area contributed by atoms with Gasteiger partial charge in [-0.05, 0) is 74.6 Å². The van der Waals surface area contributed by atoms with E-state index >= 15 is 9.59 Å². The second kappa shape index (κ2) is 20.9. The monoisotopic (exact) mass is 1060 g/mol. The Morgan fingerprint density at radius 1 is 0.724 bits per heavy atom. The maximum absolute atomic E-state index is 15.4. The topological polar surface area (TPSA) is 266 Å². The Morgan fingerprint density at radius 2 is 1.36 bits per heavy atom. The second-order valence-electron chi connectivity index (χ2n) is 21.6. The molecule has 20 nitrogen and oxygen atoms in total. The number of carbonyl (C=O) groups excluding carboxylic acids is 8. The van der Waals surface area contributed by atoms with Crippen molar-refractivity contribution in [3.63, 3.8) is 0 Å². The first-order valence-corrected chi connectivity index (χ1v) is 28.1. The minimum absolute atomic E-state index is 0.0112. The number of nitrogens with zero attached hydrogens (tertiary/aromatic N) is 5. The number of carbonyl (C=O) groups is 8. The van der Waals surface area contributed by atoms with Gasteiger partial charge in [0.05, 0.1) is 17.8 Å². The van der Waals surface area contributed by atoms with E-state index < -0.39 is 124 Å². The van der Waals surface area contributed by atoms with Gasteiger partial charge in [-0.1, -0.05) is 80.6 Å². The van der Waals surface area contributed by atoms with E-state index in [0.29, 0.717) is 40.6 Å². The molecule has 12 atom stereocenters. The molecule has 3 aromatic carbocycles. The largest absolute Gasteiger partial charge is 0.391 e. The van der Waals surface area contributed by atoms with Gasteiger partial charge in [0, 0.05) is 71.4 Å². The predicted octanol–water partition coefficient (Wildman–Crippen LogP) is 0.525. The first kappa shape index (κ1) is 52.5. The van der Waals surface area contributed by atoms with Crippen LogP contribution >= 0.6 is 0 Å². The van der Waals surface area contributed by atoms with Crippen LogP contribution in [0.25, 0.3) is 10.9 Å². The lowest BCUT2D eigenvalue weighted by atomic mass is 9.78. The van der Waals surface area contributed by atoms with E-state index in [1.54, 1.807) is 23.6 Å². The molecule has 402 valence electrons. The van der Waals surface area contributed by atoms with E-state index in [1.165, 1.54) is 23.0 Å². The van der Waals surface area contributed by atoms with Crippen molar-refractivity contribution < 1.29 is 47.7 Å². The predicted molar refractivity (Wildman–Crippen MR) is 281 cm³/mol. The van der Waals surface area contributed by atoms with Crippen molar-refractivity contribution in [2.24, 2.45) is 11.7 Å². The lowest BCUT2D eigenvalue weighted by Crippen LogP contribution is -2.69. The fourth-order valence-corrected chi connectivity index (χ4v) is 13.3. The summed E-state index contributed by atoms with van der Waals surface area (Å²) in [5.74, 6) is -5.22. The molecule has 4 bridgehead atoms. The molecular formula is C55H66N10O10S. The number of anilines is 1. The summed E-state index contributed by atoms with van der Waals surface area (Å²) in [7, 11) is -1.35. The van der Waals surface area contributed by atoms with Crippen LogP contribution in [0.5, 0.6) is 0 Å². The Hall–Kier alpha value is -6.97. The minimum Gasteiger partial charge on any atom is -0.391 e. The van der Waals surface area contributed by atoms with Crippen LogP contribution < -0.4 is 31.9 Å². The van der Waals surface area contributed by atoms with Gasteiger partial charge in [-0.15, -0.1) is 0 Å². The molecule has 1 spiro atoms. The van der Waals surface area contributed by atoms with Crippen molar-refractivity contribution in [3.8, 4) is 0 Å². The number of hydrogen-bond donors (Lipinski definition) is 6. The van der Waals surface area contributed by atoms with Crippen molar-refractivity contribution in [2.75, 3.05) is 30.0 Å². The van der Waals surface area contributed by atoms with Gasteiger partial charge in [0.1, 0.15) is 54.0 Å².